The van der Waals surface area contributed by atoms with Crippen molar-refractivity contribution < 1.29 is 24.5 Å². The number of para-hydroxylation sites is 1. The molecule has 0 aliphatic carbocycles. The maximum atomic E-state index is 5.89. The van der Waals surface area contributed by atoms with Crippen LogP contribution in [0.3, 0.4) is 0 Å². The Hall–Kier alpha value is -5.93. The van der Waals surface area contributed by atoms with Crippen molar-refractivity contribution in [3.05, 3.63) is 216 Å². The first-order chi connectivity index (χ1) is 25.7. The summed E-state index contributed by atoms with van der Waals surface area (Å²) in [6, 6.07) is 62.9. The minimum atomic E-state index is 0. The van der Waals surface area contributed by atoms with Crippen molar-refractivity contribution in [1.82, 2.24) is 9.97 Å². The molecule has 3 nitrogen and oxygen atoms in total. The predicted octanol–water partition coefficient (Wildman–Crippen LogP) is 12.2. The van der Waals surface area contributed by atoms with Gasteiger partial charge in [-0.15, -0.1) is 59.2 Å². The number of fused-ring (bicyclic) bond motifs is 3. The summed E-state index contributed by atoms with van der Waals surface area (Å²) in [4.78, 5) is 9.21. The van der Waals surface area contributed by atoms with Crippen molar-refractivity contribution in [1.29, 1.82) is 0 Å². The van der Waals surface area contributed by atoms with Crippen LogP contribution >= 0.6 is 0 Å². The molecule has 0 fully saturated rings. The first-order valence-corrected chi connectivity index (χ1v) is 17.6. The summed E-state index contributed by atoms with van der Waals surface area (Å²) in [5.41, 5.74) is 14.5. The normalized spacial score (nSPS) is 10.7. The average molecular weight is 861 g/mol. The van der Waals surface area contributed by atoms with E-state index in [9.17, 15) is 0 Å². The molecule has 0 saturated carbocycles. The molecule has 1 radical (unpaired) electrons. The fourth-order valence-electron chi connectivity index (χ4n) is 6.52. The molecule has 0 bridgehead atoms. The van der Waals surface area contributed by atoms with Gasteiger partial charge in [-0.25, -0.2) is 0 Å². The summed E-state index contributed by atoms with van der Waals surface area (Å²) in [5, 5.41) is 2.22. The molecule has 9 aromatic rings. The van der Waals surface area contributed by atoms with Crippen LogP contribution in [0.5, 0.6) is 0 Å². The number of hydrogen-bond donors (Lipinski definition) is 0. The Morgan fingerprint density at radius 3 is 1.96 bits per heavy atom. The van der Waals surface area contributed by atoms with Crippen LogP contribution in [0.4, 0.5) is 0 Å². The number of furan rings is 1. The van der Waals surface area contributed by atoms with E-state index in [0.717, 1.165) is 57.3 Å². The maximum absolute atomic E-state index is 5.89. The summed E-state index contributed by atoms with van der Waals surface area (Å²) in [6.45, 7) is 2.12. The van der Waals surface area contributed by atoms with E-state index in [-0.39, 0.29) is 20.1 Å². The minimum absolute atomic E-state index is 0. The molecule has 3 heterocycles. The van der Waals surface area contributed by atoms with Gasteiger partial charge in [-0.05, 0) is 76.7 Å². The molecule has 0 aliphatic heterocycles. The molecule has 3 aromatic heterocycles. The number of aromatic nitrogens is 2. The zero-order valence-corrected chi connectivity index (χ0v) is 31.7. The number of pyridine rings is 2. The van der Waals surface area contributed by atoms with E-state index < -0.39 is 0 Å². The molecule has 0 amide bonds. The van der Waals surface area contributed by atoms with Crippen LogP contribution in [0.1, 0.15) is 27.8 Å². The van der Waals surface area contributed by atoms with Gasteiger partial charge in [-0.2, -0.15) is 0 Å². The van der Waals surface area contributed by atoms with E-state index in [2.05, 4.69) is 150 Å². The summed E-state index contributed by atoms with van der Waals surface area (Å²) < 4.78 is 5.89. The van der Waals surface area contributed by atoms with Gasteiger partial charge in [0.05, 0.1) is 5.58 Å². The molecule has 0 atom stereocenters. The van der Waals surface area contributed by atoms with Crippen LogP contribution in [-0.4, -0.2) is 9.97 Å². The van der Waals surface area contributed by atoms with Gasteiger partial charge in [-0.3, -0.25) is 0 Å². The molecule has 0 N–H and O–H groups in total. The van der Waals surface area contributed by atoms with Crippen LogP contribution in [0, 0.1) is 19.1 Å². The maximum Gasteiger partial charge on any atom is 0.120 e. The zero-order valence-electron chi connectivity index (χ0n) is 29.3. The summed E-state index contributed by atoms with van der Waals surface area (Å²) in [7, 11) is 0. The Kier molecular flexibility index (Phi) is 11.1. The summed E-state index contributed by atoms with van der Waals surface area (Å²) in [6.07, 6.45) is 5.66. The quantitative estimate of drug-likeness (QED) is 0.150. The second-order valence-electron chi connectivity index (χ2n) is 12.9. The fourth-order valence-corrected chi connectivity index (χ4v) is 6.52. The van der Waals surface area contributed by atoms with Gasteiger partial charge in [0.25, 0.3) is 0 Å². The topological polar surface area (TPSA) is 38.9 Å². The molecular formula is C49H36IrN2O-2. The molecular weight excluding hydrogens is 825 g/mol. The largest absolute Gasteiger partial charge is 0.500 e. The number of nitrogens with zero attached hydrogens (tertiary/aromatic N) is 2. The molecule has 0 spiro atoms. The van der Waals surface area contributed by atoms with E-state index >= 15 is 0 Å². The smallest absolute Gasteiger partial charge is 0.120 e. The zero-order chi connectivity index (χ0) is 35.1. The van der Waals surface area contributed by atoms with Crippen molar-refractivity contribution in [2.45, 2.75) is 19.8 Å². The monoisotopic (exact) mass is 861 g/mol. The van der Waals surface area contributed by atoms with Crippen molar-refractivity contribution in [3.63, 3.8) is 0 Å². The molecule has 4 heteroatoms. The van der Waals surface area contributed by atoms with E-state index in [4.69, 9.17) is 4.42 Å². The van der Waals surface area contributed by atoms with Crippen molar-refractivity contribution in [2.24, 2.45) is 0 Å². The van der Waals surface area contributed by atoms with Gasteiger partial charge < -0.3 is 14.4 Å². The Balaban J connectivity index is 0.000000161. The predicted molar refractivity (Wildman–Crippen MR) is 213 cm³/mol. The molecule has 6 aromatic carbocycles. The van der Waals surface area contributed by atoms with E-state index in [1.807, 2.05) is 54.9 Å². The number of benzene rings is 6. The Labute approximate surface area is 324 Å². The molecule has 259 valence electrons. The van der Waals surface area contributed by atoms with Crippen LogP contribution < -0.4 is 0 Å². The fraction of sp³-hybridized carbons (Fsp3) is 0.0612. The minimum Gasteiger partial charge on any atom is -0.500 e. The van der Waals surface area contributed by atoms with E-state index in [0.29, 0.717) is 0 Å². The Morgan fingerprint density at radius 1 is 0.528 bits per heavy atom. The molecule has 53 heavy (non-hydrogen) atoms. The Morgan fingerprint density at radius 2 is 1.19 bits per heavy atom. The van der Waals surface area contributed by atoms with Gasteiger partial charge in [0.1, 0.15) is 5.58 Å². The van der Waals surface area contributed by atoms with Gasteiger partial charge in [0, 0.05) is 37.9 Å². The third kappa shape index (κ3) is 8.42. The van der Waals surface area contributed by atoms with Crippen LogP contribution in [0.2, 0.25) is 0 Å². The average Bonchev–Trinajstić information content (AvgIpc) is 3.58. The van der Waals surface area contributed by atoms with Gasteiger partial charge >= 0.3 is 0 Å². The van der Waals surface area contributed by atoms with E-state index in [1.165, 1.54) is 38.9 Å². The second-order valence-corrected chi connectivity index (χ2v) is 12.9. The molecule has 0 saturated heterocycles. The first kappa shape index (κ1) is 35.5. The second kappa shape index (κ2) is 16.6. The standard InChI is InChI=1S/C25H20N.C24H16NO.Ir/c1-19-18-26-25(17-24(19)15-20-9-4-2-5-10-20)23-14-8-13-22(16-23)21-11-6-3-7-12-21;1-2-6-17(7-3-1)14-18-12-13-25-22(15-18)19-10-11-24-21(16-19)20-8-4-5-9-23(20)26-24;/h2-13,16-18H,15H2,1H3;1-9,11-13,15-16H,14H2;/q2*-1;. The summed E-state index contributed by atoms with van der Waals surface area (Å²) >= 11 is 0. The van der Waals surface area contributed by atoms with Crippen molar-refractivity contribution in [2.75, 3.05) is 0 Å². The van der Waals surface area contributed by atoms with Crippen molar-refractivity contribution >= 4 is 21.9 Å². The SMILES string of the molecule is Cc1cnc(-c2[c-]ccc(-c3ccccc3)c2)cc1Cc1ccccc1.[Ir].[c-]1cc2oc3ccccc3c2cc1-c1cc(Cc2ccccc2)ccn1. The number of hydrogen-bond acceptors (Lipinski definition) is 3. The number of aryl methyl sites for hydroxylation is 1. The van der Waals surface area contributed by atoms with Gasteiger partial charge in [0.2, 0.25) is 0 Å². The third-order valence-corrected chi connectivity index (χ3v) is 9.30. The summed E-state index contributed by atoms with van der Waals surface area (Å²) in [5.74, 6) is 0. The molecule has 9 rings (SSSR count). The number of rotatable bonds is 7. The van der Waals surface area contributed by atoms with Gasteiger partial charge in [0.15, 0.2) is 0 Å². The van der Waals surface area contributed by atoms with E-state index in [1.54, 1.807) is 0 Å². The first-order valence-electron chi connectivity index (χ1n) is 17.6. The van der Waals surface area contributed by atoms with Crippen LogP contribution in [-0.2, 0) is 32.9 Å². The van der Waals surface area contributed by atoms with Crippen LogP contribution in [0.15, 0.2) is 181 Å². The molecule has 0 aliphatic rings. The van der Waals surface area contributed by atoms with Gasteiger partial charge in [-0.1, -0.05) is 127 Å². The van der Waals surface area contributed by atoms with Crippen LogP contribution in [0.25, 0.3) is 55.6 Å². The third-order valence-electron chi connectivity index (χ3n) is 9.30. The Bertz CT molecular complexity index is 2580. The molecule has 0 unspecified atom stereocenters. The van der Waals surface area contributed by atoms with Crippen molar-refractivity contribution in [3.8, 4) is 33.6 Å².